The Morgan fingerprint density at radius 3 is 2.85 bits per heavy atom. The molecule has 1 N–H and O–H groups in total. The van der Waals surface area contributed by atoms with E-state index < -0.39 is 0 Å². The zero-order valence-electron chi connectivity index (χ0n) is 13.1. The molecule has 0 bridgehead atoms. The number of hydrogen-bond donors (Lipinski definition) is 1. The van der Waals surface area contributed by atoms with Gasteiger partial charge in [-0.05, 0) is 36.1 Å². The summed E-state index contributed by atoms with van der Waals surface area (Å²) in [6.45, 7) is 7.59. The van der Waals surface area contributed by atoms with Crippen molar-refractivity contribution in [2.75, 3.05) is 13.2 Å². The molecule has 0 radical (unpaired) electrons. The van der Waals surface area contributed by atoms with Crippen LogP contribution >= 0.6 is 0 Å². The summed E-state index contributed by atoms with van der Waals surface area (Å²) in [5, 5.41) is 3.55. The highest BCUT2D eigenvalue weighted by molar-refractivity contribution is 5.39. The monoisotopic (exact) mass is 275 g/mol. The normalized spacial score (nSPS) is 13.6. The van der Waals surface area contributed by atoms with E-state index in [0.29, 0.717) is 0 Å². The molecule has 2 nitrogen and oxygen atoms in total. The van der Waals surface area contributed by atoms with Gasteiger partial charge in [0, 0.05) is 13.0 Å². The molecule has 0 spiro atoms. The highest BCUT2D eigenvalue weighted by Crippen LogP contribution is 2.25. The largest absolute Gasteiger partial charge is 0.493 e. The molecule has 0 atom stereocenters. The minimum atomic E-state index is 0.850. The van der Waals surface area contributed by atoms with E-state index in [0.717, 1.165) is 37.8 Å². The Balaban J connectivity index is 1.53. The van der Waals surface area contributed by atoms with Crippen molar-refractivity contribution in [3.05, 3.63) is 29.3 Å². The second-order valence-electron chi connectivity index (χ2n) is 6.31. The fraction of sp³-hybridized carbons (Fsp3) is 0.667. The number of fused-ring (bicyclic) bond motifs is 1. The average Bonchev–Trinajstić information content (AvgIpc) is 2.89. The van der Waals surface area contributed by atoms with Gasteiger partial charge in [-0.3, -0.25) is 0 Å². The Morgan fingerprint density at radius 2 is 2.00 bits per heavy atom. The molecule has 0 aliphatic carbocycles. The highest BCUT2D eigenvalue weighted by Gasteiger charge is 2.11. The van der Waals surface area contributed by atoms with Crippen LogP contribution in [-0.2, 0) is 13.0 Å². The van der Waals surface area contributed by atoms with Crippen molar-refractivity contribution < 1.29 is 4.74 Å². The third kappa shape index (κ3) is 5.16. The summed E-state index contributed by atoms with van der Waals surface area (Å²) in [6, 6.07) is 6.59. The van der Waals surface area contributed by atoms with Crippen molar-refractivity contribution in [2.24, 2.45) is 5.92 Å². The number of unbranched alkanes of at least 4 members (excludes halogenated alkanes) is 3. The number of rotatable bonds is 9. The molecule has 1 heterocycles. The lowest BCUT2D eigenvalue weighted by atomic mass is 10.0. The van der Waals surface area contributed by atoms with Gasteiger partial charge < -0.3 is 10.1 Å². The number of ether oxygens (including phenoxy) is 1. The molecule has 0 amide bonds. The first-order chi connectivity index (χ1) is 9.75. The lowest BCUT2D eigenvalue weighted by molar-refractivity contribution is 0.357. The molecule has 1 aromatic carbocycles. The van der Waals surface area contributed by atoms with Crippen LogP contribution in [0.25, 0.3) is 0 Å². The van der Waals surface area contributed by atoms with Crippen LogP contribution in [0.5, 0.6) is 5.75 Å². The molecule has 2 rings (SSSR count). The highest BCUT2D eigenvalue weighted by atomic mass is 16.5. The second-order valence-corrected chi connectivity index (χ2v) is 6.31. The van der Waals surface area contributed by atoms with E-state index in [9.17, 15) is 0 Å². The van der Waals surface area contributed by atoms with E-state index in [4.69, 9.17) is 4.74 Å². The molecule has 0 fully saturated rings. The third-order valence-electron chi connectivity index (χ3n) is 3.97. The fourth-order valence-electron chi connectivity index (χ4n) is 2.74. The van der Waals surface area contributed by atoms with Crippen molar-refractivity contribution in [3.8, 4) is 5.75 Å². The Kier molecular flexibility index (Phi) is 6.38. The maximum atomic E-state index is 5.53. The predicted molar refractivity (Wildman–Crippen MR) is 85.3 cm³/mol. The molecular weight excluding hydrogens is 246 g/mol. The topological polar surface area (TPSA) is 21.3 Å². The minimum Gasteiger partial charge on any atom is -0.493 e. The van der Waals surface area contributed by atoms with Crippen LogP contribution in [-0.4, -0.2) is 13.2 Å². The molecule has 112 valence electrons. The lowest BCUT2D eigenvalue weighted by Crippen LogP contribution is -2.14. The molecule has 2 heteroatoms. The van der Waals surface area contributed by atoms with Gasteiger partial charge in [0.1, 0.15) is 5.75 Å². The summed E-state index contributed by atoms with van der Waals surface area (Å²) < 4.78 is 5.53. The Labute approximate surface area is 123 Å². The van der Waals surface area contributed by atoms with Crippen molar-refractivity contribution >= 4 is 0 Å². The van der Waals surface area contributed by atoms with Gasteiger partial charge >= 0.3 is 0 Å². The summed E-state index contributed by atoms with van der Waals surface area (Å²) in [4.78, 5) is 0. The van der Waals surface area contributed by atoms with Gasteiger partial charge in [-0.1, -0.05) is 51.7 Å². The van der Waals surface area contributed by atoms with E-state index in [1.54, 1.807) is 0 Å². The van der Waals surface area contributed by atoms with Crippen molar-refractivity contribution in [3.63, 3.8) is 0 Å². The molecule has 0 unspecified atom stereocenters. The second kappa shape index (κ2) is 8.31. The van der Waals surface area contributed by atoms with E-state index in [1.807, 2.05) is 0 Å². The molecular formula is C18H29NO. The van der Waals surface area contributed by atoms with E-state index >= 15 is 0 Å². The zero-order chi connectivity index (χ0) is 14.2. The zero-order valence-corrected chi connectivity index (χ0v) is 13.1. The molecule has 1 aliphatic rings. The fourth-order valence-corrected chi connectivity index (χ4v) is 2.74. The van der Waals surface area contributed by atoms with Gasteiger partial charge in [0.05, 0.1) is 6.61 Å². The van der Waals surface area contributed by atoms with Crippen LogP contribution < -0.4 is 10.1 Å². The van der Waals surface area contributed by atoms with E-state index in [2.05, 4.69) is 37.4 Å². The first kappa shape index (κ1) is 15.4. The summed E-state index contributed by atoms with van der Waals surface area (Å²) in [5.41, 5.74) is 2.76. The first-order valence-corrected chi connectivity index (χ1v) is 8.21. The summed E-state index contributed by atoms with van der Waals surface area (Å²) in [5.74, 6) is 1.94. The van der Waals surface area contributed by atoms with Crippen LogP contribution in [0.4, 0.5) is 0 Å². The molecule has 0 saturated heterocycles. The Morgan fingerprint density at radius 1 is 1.15 bits per heavy atom. The predicted octanol–water partition coefficient (Wildman–Crippen LogP) is 4.32. The van der Waals surface area contributed by atoms with Crippen LogP contribution in [0.1, 0.15) is 57.1 Å². The smallest absolute Gasteiger partial charge is 0.122 e. The summed E-state index contributed by atoms with van der Waals surface area (Å²) in [6.07, 6.45) is 7.88. The molecule has 0 saturated carbocycles. The maximum Gasteiger partial charge on any atom is 0.122 e. The summed E-state index contributed by atoms with van der Waals surface area (Å²) >= 11 is 0. The van der Waals surface area contributed by atoms with Gasteiger partial charge in [-0.2, -0.15) is 0 Å². The minimum absolute atomic E-state index is 0.850. The number of hydrogen-bond acceptors (Lipinski definition) is 2. The van der Waals surface area contributed by atoms with Gasteiger partial charge in [0.15, 0.2) is 0 Å². The molecule has 20 heavy (non-hydrogen) atoms. The molecule has 1 aliphatic heterocycles. The van der Waals surface area contributed by atoms with Gasteiger partial charge in [0.2, 0.25) is 0 Å². The van der Waals surface area contributed by atoms with Gasteiger partial charge in [-0.15, -0.1) is 0 Å². The van der Waals surface area contributed by atoms with Crippen LogP contribution in [0.15, 0.2) is 18.2 Å². The lowest BCUT2D eigenvalue weighted by Gasteiger charge is -2.07. The summed E-state index contributed by atoms with van der Waals surface area (Å²) in [7, 11) is 0. The SMILES string of the molecule is CC(C)CCCCCCNCc1ccc2c(c1)CCO2. The van der Waals surface area contributed by atoms with Crippen LogP contribution in [0.3, 0.4) is 0 Å². The van der Waals surface area contributed by atoms with E-state index in [-0.39, 0.29) is 0 Å². The van der Waals surface area contributed by atoms with Crippen molar-refractivity contribution in [1.82, 2.24) is 5.32 Å². The standard InChI is InChI=1S/C18H29NO/c1-15(2)7-5-3-4-6-11-19-14-16-8-9-18-17(13-16)10-12-20-18/h8-9,13,15,19H,3-7,10-12,14H2,1-2H3. The van der Waals surface area contributed by atoms with Crippen LogP contribution in [0.2, 0.25) is 0 Å². The maximum absolute atomic E-state index is 5.53. The molecule has 1 aromatic rings. The average molecular weight is 275 g/mol. The van der Waals surface area contributed by atoms with Crippen molar-refractivity contribution in [1.29, 1.82) is 0 Å². The Hall–Kier alpha value is -1.02. The third-order valence-corrected chi connectivity index (χ3v) is 3.97. The number of benzene rings is 1. The number of nitrogens with one attached hydrogen (secondary N) is 1. The Bertz CT molecular complexity index is 400. The van der Waals surface area contributed by atoms with Gasteiger partial charge in [-0.25, -0.2) is 0 Å². The molecule has 0 aromatic heterocycles. The van der Waals surface area contributed by atoms with E-state index in [1.165, 1.54) is 43.2 Å². The van der Waals surface area contributed by atoms with Gasteiger partial charge in [0.25, 0.3) is 0 Å². The van der Waals surface area contributed by atoms with Crippen LogP contribution in [0, 0.1) is 5.92 Å². The first-order valence-electron chi connectivity index (χ1n) is 8.21. The van der Waals surface area contributed by atoms with Crippen molar-refractivity contribution in [2.45, 2.75) is 58.9 Å². The quantitative estimate of drug-likeness (QED) is 0.678.